The van der Waals surface area contributed by atoms with E-state index >= 15 is 0 Å². The van der Waals surface area contributed by atoms with Crippen molar-refractivity contribution in [3.05, 3.63) is 35.9 Å². The molecule has 1 saturated heterocycles. The molecule has 0 saturated carbocycles. The van der Waals surface area contributed by atoms with Crippen LogP contribution in [-0.2, 0) is 20.9 Å². The van der Waals surface area contributed by atoms with Crippen LogP contribution in [0.3, 0.4) is 0 Å². The molecule has 0 aliphatic carbocycles. The molecule has 7 heteroatoms. The Hall–Kier alpha value is -2.57. The summed E-state index contributed by atoms with van der Waals surface area (Å²) in [4.78, 5) is 35.1. The highest BCUT2D eigenvalue weighted by Gasteiger charge is 2.45. The number of ether oxygens (including phenoxy) is 1. The number of carboxylic acids is 2. The molecule has 1 aliphatic rings. The standard InChI is InChI=1S/C14H15NO6/c16-12(17)10-6-7-11(13(18)19)15(10)14(20)21-8-9-4-2-1-3-5-9/h1-5,10-11H,6-8H2,(H,16,17)(H,18,19). The van der Waals surface area contributed by atoms with E-state index in [1.807, 2.05) is 6.07 Å². The first kappa shape index (κ1) is 14.8. The van der Waals surface area contributed by atoms with Gasteiger partial charge in [-0.2, -0.15) is 0 Å². The van der Waals surface area contributed by atoms with Crippen molar-refractivity contribution in [2.45, 2.75) is 31.5 Å². The first-order valence-electron chi connectivity index (χ1n) is 6.45. The number of carbonyl (C=O) groups is 3. The lowest BCUT2D eigenvalue weighted by atomic mass is 10.2. The topological polar surface area (TPSA) is 104 Å². The van der Waals surface area contributed by atoms with E-state index in [9.17, 15) is 14.4 Å². The molecular weight excluding hydrogens is 278 g/mol. The Kier molecular flexibility index (Phi) is 4.42. The Labute approximate surface area is 120 Å². The van der Waals surface area contributed by atoms with E-state index in [1.54, 1.807) is 24.3 Å². The third-order valence-corrected chi connectivity index (χ3v) is 3.37. The summed E-state index contributed by atoms with van der Waals surface area (Å²) in [5, 5.41) is 18.1. The number of hydrogen-bond donors (Lipinski definition) is 2. The van der Waals surface area contributed by atoms with Gasteiger partial charge in [0.2, 0.25) is 0 Å². The molecular formula is C14H15NO6. The molecule has 2 atom stereocenters. The van der Waals surface area contributed by atoms with E-state index in [0.717, 1.165) is 10.5 Å². The molecule has 1 aliphatic heterocycles. The average Bonchev–Trinajstić information content (AvgIpc) is 2.91. The Balaban J connectivity index is 2.06. The van der Waals surface area contributed by atoms with Crippen molar-refractivity contribution in [3.8, 4) is 0 Å². The van der Waals surface area contributed by atoms with Crippen LogP contribution < -0.4 is 0 Å². The number of amides is 1. The van der Waals surface area contributed by atoms with Crippen molar-refractivity contribution in [2.24, 2.45) is 0 Å². The molecule has 112 valence electrons. The lowest BCUT2D eigenvalue weighted by Crippen LogP contribution is -2.48. The van der Waals surface area contributed by atoms with Crippen LogP contribution in [0.2, 0.25) is 0 Å². The van der Waals surface area contributed by atoms with Gasteiger partial charge in [0.1, 0.15) is 18.7 Å². The molecule has 7 nitrogen and oxygen atoms in total. The van der Waals surface area contributed by atoms with E-state index in [4.69, 9.17) is 14.9 Å². The van der Waals surface area contributed by atoms with Gasteiger partial charge in [0.25, 0.3) is 0 Å². The van der Waals surface area contributed by atoms with Gasteiger partial charge in [-0.1, -0.05) is 30.3 Å². The van der Waals surface area contributed by atoms with Gasteiger partial charge < -0.3 is 14.9 Å². The molecule has 1 heterocycles. The largest absolute Gasteiger partial charge is 0.480 e. The van der Waals surface area contributed by atoms with Crippen LogP contribution >= 0.6 is 0 Å². The minimum absolute atomic E-state index is 0.0329. The van der Waals surface area contributed by atoms with Crippen molar-refractivity contribution >= 4 is 18.0 Å². The highest BCUT2D eigenvalue weighted by atomic mass is 16.6. The normalized spacial score (nSPS) is 21.0. The second kappa shape index (κ2) is 6.25. The molecule has 0 radical (unpaired) electrons. The first-order chi connectivity index (χ1) is 10.0. The van der Waals surface area contributed by atoms with Crippen molar-refractivity contribution in [1.82, 2.24) is 4.90 Å². The minimum Gasteiger partial charge on any atom is -0.480 e. The van der Waals surface area contributed by atoms with E-state index in [1.165, 1.54) is 0 Å². The van der Waals surface area contributed by atoms with Gasteiger partial charge in [-0.05, 0) is 18.4 Å². The molecule has 1 aromatic rings. The summed E-state index contributed by atoms with van der Waals surface area (Å²) in [6.07, 6.45) is -0.712. The predicted octanol–water partition coefficient (Wildman–Crippen LogP) is 1.33. The number of carboxylic acid groups (broad SMARTS) is 2. The molecule has 2 unspecified atom stereocenters. The fourth-order valence-corrected chi connectivity index (χ4v) is 2.34. The quantitative estimate of drug-likeness (QED) is 0.867. The van der Waals surface area contributed by atoms with Gasteiger partial charge in [0.15, 0.2) is 0 Å². The second-order valence-electron chi connectivity index (χ2n) is 4.73. The number of likely N-dealkylation sites (tertiary alicyclic amines) is 1. The van der Waals surface area contributed by atoms with Gasteiger partial charge in [-0.15, -0.1) is 0 Å². The summed E-state index contributed by atoms with van der Waals surface area (Å²) in [7, 11) is 0. The zero-order chi connectivity index (χ0) is 15.4. The maximum absolute atomic E-state index is 12.0. The van der Waals surface area contributed by atoms with Gasteiger partial charge in [-0.3, -0.25) is 4.90 Å². The van der Waals surface area contributed by atoms with Crippen molar-refractivity contribution < 1.29 is 29.3 Å². The molecule has 2 rings (SSSR count). The summed E-state index contributed by atoms with van der Waals surface area (Å²) in [6.45, 7) is -0.0329. The lowest BCUT2D eigenvalue weighted by molar-refractivity contribution is -0.146. The summed E-state index contributed by atoms with van der Waals surface area (Å²) >= 11 is 0. The zero-order valence-corrected chi connectivity index (χ0v) is 11.1. The zero-order valence-electron chi connectivity index (χ0n) is 11.1. The third-order valence-electron chi connectivity index (χ3n) is 3.37. The van der Waals surface area contributed by atoms with Crippen LogP contribution in [0.5, 0.6) is 0 Å². The summed E-state index contributed by atoms with van der Waals surface area (Å²) < 4.78 is 5.03. The van der Waals surface area contributed by atoms with Crippen LogP contribution in [0.4, 0.5) is 4.79 Å². The monoisotopic (exact) mass is 293 g/mol. The third kappa shape index (κ3) is 3.31. The van der Waals surface area contributed by atoms with Gasteiger partial charge in [0.05, 0.1) is 0 Å². The van der Waals surface area contributed by atoms with Crippen LogP contribution in [0.25, 0.3) is 0 Å². The molecule has 2 N–H and O–H groups in total. The maximum Gasteiger partial charge on any atom is 0.411 e. The number of aliphatic carboxylic acids is 2. The summed E-state index contributed by atoms with van der Waals surface area (Å²) in [5.41, 5.74) is 0.740. The molecule has 0 spiro atoms. The molecule has 0 bridgehead atoms. The SMILES string of the molecule is O=C(O)C1CCC(C(=O)O)N1C(=O)OCc1ccccc1. The Bertz CT molecular complexity index is 522. The number of carbonyl (C=O) groups excluding carboxylic acids is 1. The molecule has 21 heavy (non-hydrogen) atoms. The summed E-state index contributed by atoms with van der Waals surface area (Å²) in [5.74, 6) is -2.45. The maximum atomic E-state index is 12.0. The smallest absolute Gasteiger partial charge is 0.411 e. The van der Waals surface area contributed by atoms with E-state index < -0.39 is 30.1 Å². The van der Waals surface area contributed by atoms with Gasteiger partial charge >= 0.3 is 18.0 Å². The molecule has 1 fully saturated rings. The predicted molar refractivity (Wildman–Crippen MR) is 70.5 cm³/mol. The first-order valence-corrected chi connectivity index (χ1v) is 6.45. The van der Waals surface area contributed by atoms with E-state index in [-0.39, 0.29) is 19.4 Å². The van der Waals surface area contributed by atoms with Gasteiger partial charge in [0, 0.05) is 0 Å². The minimum atomic E-state index is -1.23. The van der Waals surface area contributed by atoms with Crippen LogP contribution in [0, 0.1) is 0 Å². The fraction of sp³-hybridized carbons (Fsp3) is 0.357. The lowest BCUT2D eigenvalue weighted by Gasteiger charge is -2.24. The van der Waals surface area contributed by atoms with Crippen molar-refractivity contribution in [2.75, 3.05) is 0 Å². The fourth-order valence-electron chi connectivity index (χ4n) is 2.34. The van der Waals surface area contributed by atoms with Crippen LogP contribution in [0.15, 0.2) is 30.3 Å². The molecule has 1 aromatic carbocycles. The Morgan fingerprint density at radius 2 is 1.57 bits per heavy atom. The Morgan fingerprint density at radius 3 is 2.05 bits per heavy atom. The van der Waals surface area contributed by atoms with Crippen molar-refractivity contribution in [1.29, 1.82) is 0 Å². The van der Waals surface area contributed by atoms with Crippen LogP contribution in [-0.4, -0.2) is 45.2 Å². The molecule has 1 amide bonds. The molecule has 0 aromatic heterocycles. The highest BCUT2D eigenvalue weighted by Crippen LogP contribution is 2.26. The summed E-state index contributed by atoms with van der Waals surface area (Å²) in [6, 6.07) is 6.55. The van der Waals surface area contributed by atoms with E-state index in [2.05, 4.69) is 0 Å². The van der Waals surface area contributed by atoms with E-state index in [0.29, 0.717) is 0 Å². The average molecular weight is 293 g/mol. The highest BCUT2D eigenvalue weighted by molar-refractivity contribution is 5.86. The number of rotatable bonds is 4. The van der Waals surface area contributed by atoms with Gasteiger partial charge in [-0.25, -0.2) is 14.4 Å². The van der Waals surface area contributed by atoms with Crippen LogP contribution in [0.1, 0.15) is 18.4 Å². The van der Waals surface area contributed by atoms with Crippen molar-refractivity contribution in [3.63, 3.8) is 0 Å². The second-order valence-corrected chi connectivity index (χ2v) is 4.73. The Morgan fingerprint density at radius 1 is 1.05 bits per heavy atom. The number of nitrogens with zero attached hydrogens (tertiary/aromatic N) is 1. The number of hydrogen-bond acceptors (Lipinski definition) is 4. The number of benzene rings is 1.